The number of amides is 1. The third kappa shape index (κ3) is 4.04. The largest absolute Gasteiger partial charge is 0.465 e. The van der Waals surface area contributed by atoms with Gasteiger partial charge in [0.25, 0.3) is 0 Å². The average Bonchev–Trinajstić information content (AvgIpc) is 2.89. The standard InChI is InChI=1S/C14H21NO3/c1-3-12(4-2)15(9-10-16)14(17)8-7-13-6-5-11-18-13/h5-8,11-12,16H,3-4,9-10H2,1-2H3/b8-7+. The van der Waals surface area contributed by atoms with Crippen LogP contribution in [-0.2, 0) is 4.79 Å². The summed E-state index contributed by atoms with van der Waals surface area (Å²) >= 11 is 0. The molecule has 1 aromatic heterocycles. The minimum atomic E-state index is -0.0887. The second-order valence-corrected chi connectivity index (χ2v) is 4.07. The summed E-state index contributed by atoms with van der Waals surface area (Å²) in [4.78, 5) is 13.8. The van der Waals surface area contributed by atoms with Crippen molar-refractivity contribution in [1.29, 1.82) is 0 Å². The van der Waals surface area contributed by atoms with Crippen molar-refractivity contribution in [2.24, 2.45) is 0 Å². The van der Waals surface area contributed by atoms with Crippen molar-refractivity contribution in [3.05, 3.63) is 30.2 Å². The molecule has 0 radical (unpaired) electrons. The molecule has 1 aromatic rings. The van der Waals surface area contributed by atoms with Crippen LogP contribution in [0.15, 0.2) is 28.9 Å². The molecule has 0 unspecified atom stereocenters. The number of rotatable bonds is 7. The number of aliphatic hydroxyl groups is 1. The minimum absolute atomic E-state index is 0.0170. The number of carbonyl (C=O) groups is 1. The Labute approximate surface area is 108 Å². The van der Waals surface area contributed by atoms with Crippen molar-refractivity contribution in [2.75, 3.05) is 13.2 Å². The molecule has 0 aliphatic heterocycles. The van der Waals surface area contributed by atoms with Gasteiger partial charge in [-0.25, -0.2) is 0 Å². The number of hydrogen-bond donors (Lipinski definition) is 1. The Kier molecular flexibility index (Phi) is 6.22. The Hall–Kier alpha value is -1.55. The fourth-order valence-electron chi connectivity index (χ4n) is 1.95. The number of furan rings is 1. The van der Waals surface area contributed by atoms with Crippen molar-refractivity contribution in [3.63, 3.8) is 0 Å². The lowest BCUT2D eigenvalue weighted by Crippen LogP contribution is -2.40. The molecule has 1 heterocycles. The molecule has 0 spiro atoms. The number of aliphatic hydroxyl groups excluding tert-OH is 1. The van der Waals surface area contributed by atoms with E-state index in [2.05, 4.69) is 0 Å². The van der Waals surface area contributed by atoms with Gasteiger partial charge < -0.3 is 14.4 Å². The highest BCUT2D eigenvalue weighted by Crippen LogP contribution is 2.10. The molecule has 1 N–H and O–H groups in total. The molecule has 0 aliphatic carbocycles. The zero-order chi connectivity index (χ0) is 13.4. The topological polar surface area (TPSA) is 53.7 Å². The normalized spacial score (nSPS) is 11.3. The lowest BCUT2D eigenvalue weighted by Gasteiger charge is -2.28. The predicted octanol–water partition coefficient (Wildman–Crippen LogP) is 2.30. The molecular weight excluding hydrogens is 230 g/mol. The lowest BCUT2D eigenvalue weighted by molar-refractivity contribution is -0.129. The first-order valence-electron chi connectivity index (χ1n) is 6.35. The van der Waals surface area contributed by atoms with Gasteiger partial charge in [-0.05, 0) is 31.1 Å². The molecule has 0 bridgehead atoms. The molecule has 18 heavy (non-hydrogen) atoms. The summed E-state index contributed by atoms with van der Waals surface area (Å²) in [6.07, 6.45) is 6.48. The number of hydrogen-bond acceptors (Lipinski definition) is 3. The molecule has 4 heteroatoms. The van der Waals surface area contributed by atoms with Gasteiger partial charge in [0.2, 0.25) is 5.91 Å². The highest BCUT2D eigenvalue weighted by molar-refractivity contribution is 5.91. The molecule has 0 fully saturated rings. The second kappa shape index (κ2) is 7.71. The molecule has 0 aliphatic rings. The fourth-order valence-corrected chi connectivity index (χ4v) is 1.95. The van der Waals surface area contributed by atoms with Crippen LogP contribution in [0.25, 0.3) is 6.08 Å². The molecule has 0 saturated carbocycles. The van der Waals surface area contributed by atoms with Crippen LogP contribution in [0.2, 0.25) is 0 Å². The van der Waals surface area contributed by atoms with E-state index in [9.17, 15) is 4.79 Å². The molecule has 100 valence electrons. The molecule has 0 atom stereocenters. The summed E-state index contributed by atoms with van der Waals surface area (Å²) in [5, 5.41) is 9.04. The highest BCUT2D eigenvalue weighted by atomic mass is 16.3. The zero-order valence-corrected chi connectivity index (χ0v) is 11.0. The van der Waals surface area contributed by atoms with E-state index >= 15 is 0 Å². The maximum Gasteiger partial charge on any atom is 0.247 e. The van der Waals surface area contributed by atoms with Crippen LogP contribution in [0.3, 0.4) is 0 Å². The van der Waals surface area contributed by atoms with Crippen LogP contribution in [0.5, 0.6) is 0 Å². The van der Waals surface area contributed by atoms with E-state index in [1.807, 2.05) is 13.8 Å². The van der Waals surface area contributed by atoms with E-state index in [0.29, 0.717) is 12.3 Å². The van der Waals surface area contributed by atoms with Gasteiger partial charge in [-0.1, -0.05) is 13.8 Å². The summed E-state index contributed by atoms with van der Waals surface area (Å²) in [7, 11) is 0. The van der Waals surface area contributed by atoms with Gasteiger partial charge in [0.15, 0.2) is 0 Å². The Morgan fingerprint density at radius 3 is 2.72 bits per heavy atom. The van der Waals surface area contributed by atoms with Crippen LogP contribution in [0.4, 0.5) is 0 Å². The summed E-state index contributed by atoms with van der Waals surface area (Å²) in [6, 6.07) is 3.74. The van der Waals surface area contributed by atoms with Gasteiger partial charge in [-0.15, -0.1) is 0 Å². The van der Waals surface area contributed by atoms with Gasteiger partial charge in [-0.3, -0.25) is 4.79 Å². The molecule has 0 aromatic carbocycles. The first-order chi connectivity index (χ1) is 8.72. The maximum absolute atomic E-state index is 12.1. The minimum Gasteiger partial charge on any atom is -0.465 e. The van der Waals surface area contributed by atoms with E-state index < -0.39 is 0 Å². The van der Waals surface area contributed by atoms with Crippen molar-refractivity contribution in [3.8, 4) is 0 Å². The Morgan fingerprint density at radius 2 is 2.22 bits per heavy atom. The van der Waals surface area contributed by atoms with E-state index in [4.69, 9.17) is 9.52 Å². The highest BCUT2D eigenvalue weighted by Gasteiger charge is 2.18. The third-order valence-electron chi connectivity index (χ3n) is 2.94. The molecule has 4 nitrogen and oxygen atoms in total. The summed E-state index contributed by atoms with van der Waals surface area (Å²) < 4.78 is 5.13. The quantitative estimate of drug-likeness (QED) is 0.756. The van der Waals surface area contributed by atoms with Gasteiger partial charge in [-0.2, -0.15) is 0 Å². The summed E-state index contributed by atoms with van der Waals surface area (Å²) in [6.45, 7) is 4.44. The van der Waals surface area contributed by atoms with Crippen LogP contribution < -0.4 is 0 Å². The number of carbonyl (C=O) groups excluding carboxylic acids is 1. The van der Waals surface area contributed by atoms with E-state index in [-0.39, 0.29) is 18.6 Å². The van der Waals surface area contributed by atoms with Gasteiger partial charge in [0.1, 0.15) is 5.76 Å². The third-order valence-corrected chi connectivity index (χ3v) is 2.94. The van der Waals surface area contributed by atoms with Crippen LogP contribution in [0, 0.1) is 0 Å². The van der Waals surface area contributed by atoms with E-state index in [1.54, 1.807) is 29.4 Å². The van der Waals surface area contributed by atoms with Crippen LogP contribution >= 0.6 is 0 Å². The van der Waals surface area contributed by atoms with Gasteiger partial charge in [0, 0.05) is 18.7 Å². The zero-order valence-electron chi connectivity index (χ0n) is 11.0. The molecule has 1 rings (SSSR count). The summed E-state index contributed by atoms with van der Waals surface area (Å²) in [5.74, 6) is 0.561. The van der Waals surface area contributed by atoms with Crippen molar-refractivity contribution in [1.82, 2.24) is 4.90 Å². The Balaban J connectivity index is 2.70. The van der Waals surface area contributed by atoms with Gasteiger partial charge >= 0.3 is 0 Å². The molecule has 0 saturated heterocycles. The maximum atomic E-state index is 12.1. The van der Waals surface area contributed by atoms with Crippen LogP contribution in [-0.4, -0.2) is 35.1 Å². The monoisotopic (exact) mass is 251 g/mol. The van der Waals surface area contributed by atoms with Crippen LogP contribution in [0.1, 0.15) is 32.4 Å². The fraction of sp³-hybridized carbons (Fsp3) is 0.500. The van der Waals surface area contributed by atoms with E-state index in [0.717, 1.165) is 12.8 Å². The van der Waals surface area contributed by atoms with Crippen molar-refractivity contribution < 1.29 is 14.3 Å². The number of nitrogens with zero attached hydrogens (tertiary/aromatic N) is 1. The lowest BCUT2D eigenvalue weighted by atomic mass is 10.1. The summed E-state index contributed by atoms with van der Waals surface area (Å²) in [5.41, 5.74) is 0. The smallest absolute Gasteiger partial charge is 0.247 e. The van der Waals surface area contributed by atoms with Crippen molar-refractivity contribution >= 4 is 12.0 Å². The Morgan fingerprint density at radius 1 is 1.50 bits per heavy atom. The van der Waals surface area contributed by atoms with Crippen molar-refractivity contribution in [2.45, 2.75) is 32.7 Å². The predicted molar refractivity (Wildman–Crippen MR) is 70.9 cm³/mol. The Bertz CT molecular complexity index is 366. The average molecular weight is 251 g/mol. The van der Waals surface area contributed by atoms with Gasteiger partial charge in [0.05, 0.1) is 12.9 Å². The first-order valence-corrected chi connectivity index (χ1v) is 6.35. The van der Waals surface area contributed by atoms with E-state index in [1.165, 1.54) is 6.08 Å². The molecule has 1 amide bonds. The first kappa shape index (κ1) is 14.5. The second-order valence-electron chi connectivity index (χ2n) is 4.07. The SMILES string of the molecule is CCC(CC)N(CCO)C(=O)/C=C/c1ccco1. The molecular formula is C14H21NO3.